The van der Waals surface area contributed by atoms with Crippen molar-refractivity contribution in [2.45, 2.75) is 6.04 Å². The number of pyridine rings is 1. The van der Waals surface area contributed by atoms with E-state index in [4.69, 9.17) is 0 Å². The molecule has 24 heavy (non-hydrogen) atoms. The van der Waals surface area contributed by atoms with Crippen LogP contribution < -0.4 is 10.9 Å². The second-order valence-electron chi connectivity index (χ2n) is 6.47. The van der Waals surface area contributed by atoms with E-state index in [1.54, 1.807) is 23.1 Å². The van der Waals surface area contributed by atoms with E-state index in [2.05, 4.69) is 10.3 Å². The number of carbonyl (C=O) groups is 1. The molecule has 1 amide bonds. The van der Waals surface area contributed by atoms with Gasteiger partial charge in [0.25, 0.3) is 5.91 Å². The molecule has 2 saturated heterocycles. The van der Waals surface area contributed by atoms with Crippen LogP contribution in [-0.4, -0.2) is 35.4 Å². The van der Waals surface area contributed by atoms with Gasteiger partial charge in [-0.1, -0.05) is 18.2 Å². The van der Waals surface area contributed by atoms with Crippen molar-refractivity contribution < 1.29 is 9.18 Å². The third-order valence-corrected chi connectivity index (χ3v) is 5.01. The van der Waals surface area contributed by atoms with Crippen LogP contribution in [0.5, 0.6) is 0 Å². The minimum Gasteiger partial charge on any atom is -0.330 e. The predicted molar refractivity (Wildman–Crippen MR) is 87.1 cm³/mol. The van der Waals surface area contributed by atoms with E-state index < -0.39 is 0 Å². The molecule has 124 valence electrons. The average Bonchev–Trinajstić information content (AvgIpc) is 3.14. The maximum absolute atomic E-state index is 13.7. The van der Waals surface area contributed by atoms with Crippen LogP contribution in [0.1, 0.15) is 22.1 Å². The fourth-order valence-electron chi connectivity index (χ4n) is 3.97. The third-order valence-electron chi connectivity index (χ3n) is 5.01. The number of amides is 1. The molecule has 0 saturated carbocycles. The highest BCUT2D eigenvalue weighted by molar-refractivity contribution is 5.92. The molecule has 0 unspecified atom stereocenters. The van der Waals surface area contributed by atoms with Crippen molar-refractivity contribution in [1.29, 1.82) is 0 Å². The van der Waals surface area contributed by atoms with Gasteiger partial charge in [0.1, 0.15) is 11.5 Å². The second-order valence-corrected chi connectivity index (χ2v) is 6.47. The quantitative estimate of drug-likeness (QED) is 0.879. The number of carbonyl (C=O) groups excluding carboxylic acids is 1. The largest absolute Gasteiger partial charge is 0.330 e. The number of fused-ring (bicyclic) bond motifs is 1. The molecule has 2 aromatic rings. The highest BCUT2D eigenvalue weighted by atomic mass is 19.1. The van der Waals surface area contributed by atoms with Crippen LogP contribution >= 0.6 is 0 Å². The Kier molecular flexibility index (Phi) is 3.69. The van der Waals surface area contributed by atoms with Gasteiger partial charge in [-0.2, -0.15) is 0 Å². The number of rotatable bonds is 2. The fraction of sp³-hybridized carbons (Fsp3) is 0.333. The third kappa shape index (κ3) is 2.53. The minimum atomic E-state index is -0.303. The lowest BCUT2D eigenvalue weighted by atomic mass is 9.89. The van der Waals surface area contributed by atoms with Crippen molar-refractivity contribution in [2.24, 2.45) is 11.8 Å². The first kappa shape index (κ1) is 15.1. The number of halogens is 1. The topological polar surface area (TPSA) is 65.2 Å². The second kappa shape index (κ2) is 5.87. The predicted octanol–water partition coefficient (Wildman–Crippen LogP) is 1.55. The Bertz CT molecular complexity index is 835. The summed E-state index contributed by atoms with van der Waals surface area (Å²) in [5.74, 6) is 0.0858. The SMILES string of the molecule is O=C(c1cccc(=O)[nH]1)N1C[C@@H]2CNC[C@@H]2[C@H]1c1cccc(F)c1. The summed E-state index contributed by atoms with van der Waals surface area (Å²) >= 11 is 0. The van der Waals surface area contributed by atoms with E-state index in [-0.39, 0.29) is 34.9 Å². The molecule has 0 aliphatic carbocycles. The molecule has 4 rings (SSSR count). The van der Waals surface area contributed by atoms with E-state index in [1.807, 2.05) is 6.07 Å². The van der Waals surface area contributed by atoms with Crippen molar-refractivity contribution in [3.63, 3.8) is 0 Å². The highest BCUT2D eigenvalue weighted by Gasteiger charge is 2.47. The van der Waals surface area contributed by atoms with Crippen molar-refractivity contribution in [1.82, 2.24) is 15.2 Å². The Balaban J connectivity index is 1.73. The molecule has 2 N–H and O–H groups in total. The minimum absolute atomic E-state index is 0.183. The van der Waals surface area contributed by atoms with Crippen LogP contribution in [-0.2, 0) is 0 Å². The molecular formula is C18H18FN3O2. The first-order valence-electron chi connectivity index (χ1n) is 8.10. The summed E-state index contributed by atoms with van der Waals surface area (Å²) in [6, 6.07) is 10.8. The number of hydrogen-bond donors (Lipinski definition) is 2. The Morgan fingerprint density at radius 1 is 1.17 bits per heavy atom. The van der Waals surface area contributed by atoms with Crippen LogP contribution in [0.25, 0.3) is 0 Å². The van der Waals surface area contributed by atoms with E-state index >= 15 is 0 Å². The molecule has 3 atom stereocenters. The summed E-state index contributed by atoms with van der Waals surface area (Å²) in [6.45, 7) is 2.26. The van der Waals surface area contributed by atoms with Crippen LogP contribution in [0.2, 0.25) is 0 Å². The van der Waals surface area contributed by atoms with Crippen LogP contribution in [0.15, 0.2) is 47.3 Å². The molecule has 1 aromatic carbocycles. The lowest BCUT2D eigenvalue weighted by molar-refractivity contribution is 0.0707. The highest BCUT2D eigenvalue weighted by Crippen LogP contribution is 2.43. The zero-order valence-corrected chi connectivity index (χ0v) is 13.0. The zero-order valence-electron chi connectivity index (χ0n) is 13.0. The van der Waals surface area contributed by atoms with E-state index in [9.17, 15) is 14.0 Å². The van der Waals surface area contributed by atoms with E-state index in [0.29, 0.717) is 12.5 Å². The lowest BCUT2D eigenvalue weighted by Gasteiger charge is -2.28. The van der Waals surface area contributed by atoms with Gasteiger partial charge < -0.3 is 15.2 Å². The monoisotopic (exact) mass is 327 g/mol. The van der Waals surface area contributed by atoms with Gasteiger partial charge >= 0.3 is 0 Å². The summed E-state index contributed by atoms with van der Waals surface area (Å²) in [6.07, 6.45) is 0. The number of nitrogens with one attached hydrogen (secondary N) is 2. The number of nitrogens with zero attached hydrogens (tertiary/aromatic N) is 1. The van der Waals surface area contributed by atoms with Gasteiger partial charge in [-0.3, -0.25) is 9.59 Å². The number of hydrogen-bond acceptors (Lipinski definition) is 3. The van der Waals surface area contributed by atoms with Gasteiger partial charge in [0, 0.05) is 31.6 Å². The number of benzene rings is 1. The molecule has 3 heterocycles. The average molecular weight is 327 g/mol. The molecule has 2 fully saturated rings. The molecule has 0 spiro atoms. The van der Waals surface area contributed by atoms with Crippen LogP contribution in [0, 0.1) is 17.7 Å². The Morgan fingerprint density at radius 2 is 2.00 bits per heavy atom. The maximum Gasteiger partial charge on any atom is 0.270 e. The zero-order chi connectivity index (χ0) is 16.7. The Hall–Kier alpha value is -2.47. The summed E-state index contributed by atoms with van der Waals surface area (Å²) < 4.78 is 13.7. The lowest BCUT2D eigenvalue weighted by Crippen LogP contribution is -2.35. The Morgan fingerprint density at radius 3 is 2.79 bits per heavy atom. The summed E-state index contributed by atoms with van der Waals surface area (Å²) in [5, 5.41) is 3.36. The molecule has 1 aromatic heterocycles. The first-order valence-corrected chi connectivity index (χ1v) is 8.10. The molecule has 6 heteroatoms. The number of aromatic amines is 1. The van der Waals surface area contributed by atoms with E-state index in [1.165, 1.54) is 18.2 Å². The summed E-state index contributed by atoms with van der Waals surface area (Å²) in [7, 11) is 0. The molecule has 5 nitrogen and oxygen atoms in total. The Labute approximate surface area is 138 Å². The van der Waals surface area contributed by atoms with Gasteiger partial charge in [0.15, 0.2) is 0 Å². The van der Waals surface area contributed by atoms with Gasteiger partial charge in [-0.05, 0) is 29.7 Å². The van der Waals surface area contributed by atoms with E-state index in [0.717, 1.165) is 18.7 Å². The standard InChI is InChI=1S/C18H18FN3O2/c19-13-4-1-3-11(7-13)17-14-9-20-8-12(14)10-22(17)18(24)15-5-2-6-16(23)21-15/h1-7,12,14,17,20H,8-10H2,(H,21,23)/t12-,14-,17+/m0/s1. The van der Waals surface area contributed by atoms with Crippen LogP contribution in [0.4, 0.5) is 4.39 Å². The molecular weight excluding hydrogens is 309 g/mol. The molecule has 0 radical (unpaired) electrons. The summed E-state index contributed by atoms with van der Waals surface area (Å²) in [4.78, 5) is 28.8. The van der Waals surface area contributed by atoms with Crippen molar-refractivity contribution in [3.8, 4) is 0 Å². The van der Waals surface area contributed by atoms with Gasteiger partial charge in [0.05, 0.1) is 6.04 Å². The number of H-pyrrole nitrogens is 1. The van der Waals surface area contributed by atoms with Gasteiger partial charge in [-0.25, -0.2) is 4.39 Å². The normalized spacial score (nSPS) is 25.7. The fourth-order valence-corrected chi connectivity index (χ4v) is 3.97. The van der Waals surface area contributed by atoms with Gasteiger partial charge in [-0.15, -0.1) is 0 Å². The van der Waals surface area contributed by atoms with Crippen LogP contribution in [0.3, 0.4) is 0 Å². The number of aromatic nitrogens is 1. The maximum atomic E-state index is 13.7. The van der Waals surface area contributed by atoms with Crippen molar-refractivity contribution in [3.05, 3.63) is 69.9 Å². The van der Waals surface area contributed by atoms with Crippen molar-refractivity contribution in [2.75, 3.05) is 19.6 Å². The summed E-state index contributed by atoms with van der Waals surface area (Å²) in [5.41, 5.74) is 0.777. The van der Waals surface area contributed by atoms with Gasteiger partial charge in [0.2, 0.25) is 5.56 Å². The first-order chi connectivity index (χ1) is 11.6. The number of likely N-dealkylation sites (tertiary alicyclic amines) is 1. The molecule has 2 aliphatic rings. The molecule has 0 bridgehead atoms. The molecule has 2 aliphatic heterocycles. The van der Waals surface area contributed by atoms with Crippen molar-refractivity contribution >= 4 is 5.91 Å². The smallest absolute Gasteiger partial charge is 0.270 e.